The van der Waals surface area contributed by atoms with Gasteiger partial charge in [-0.1, -0.05) is 33.1 Å². The molecule has 0 spiro atoms. The normalized spacial score (nSPS) is 10.5. The molecule has 0 bridgehead atoms. The standard InChI is InChI=1S/C12H16O/c1-6-10-9(5)12(8(3)4)13-11(10)7-2/h6-8H,1-2H2,3-5H3. The maximum absolute atomic E-state index is 5.66. The highest BCUT2D eigenvalue weighted by Gasteiger charge is 2.14. The molecular formula is C12H16O. The molecule has 0 aliphatic heterocycles. The molecule has 0 unspecified atom stereocenters. The van der Waals surface area contributed by atoms with Crippen LogP contribution in [0.5, 0.6) is 0 Å². The Labute approximate surface area is 79.8 Å². The number of furan rings is 1. The van der Waals surface area contributed by atoms with E-state index in [4.69, 9.17) is 4.42 Å². The van der Waals surface area contributed by atoms with Gasteiger partial charge >= 0.3 is 0 Å². The summed E-state index contributed by atoms with van der Waals surface area (Å²) in [7, 11) is 0. The van der Waals surface area contributed by atoms with E-state index in [1.807, 2.05) is 6.08 Å². The van der Waals surface area contributed by atoms with Gasteiger partial charge in [-0.2, -0.15) is 0 Å². The van der Waals surface area contributed by atoms with Gasteiger partial charge in [-0.05, 0) is 18.6 Å². The van der Waals surface area contributed by atoms with E-state index >= 15 is 0 Å². The third-order valence-corrected chi connectivity index (χ3v) is 2.17. The monoisotopic (exact) mass is 176 g/mol. The van der Waals surface area contributed by atoms with E-state index in [1.54, 1.807) is 6.08 Å². The molecule has 1 rings (SSSR count). The van der Waals surface area contributed by atoms with Crippen molar-refractivity contribution in [1.82, 2.24) is 0 Å². The second-order valence-electron chi connectivity index (χ2n) is 3.43. The summed E-state index contributed by atoms with van der Waals surface area (Å²) in [6.45, 7) is 13.8. The lowest BCUT2D eigenvalue weighted by Gasteiger charge is -2.00. The molecule has 13 heavy (non-hydrogen) atoms. The highest BCUT2D eigenvalue weighted by molar-refractivity contribution is 5.63. The van der Waals surface area contributed by atoms with Crippen LogP contribution in [-0.4, -0.2) is 0 Å². The number of hydrogen-bond acceptors (Lipinski definition) is 1. The second kappa shape index (κ2) is 3.65. The minimum Gasteiger partial charge on any atom is -0.461 e. The third kappa shape index (κ3) is 1.59. The Morgan fingerprint density at radius 1 is 1.23 bits per heavy atom. The van der Waals surface area contributed by atoms with Gasteiger partial charge in [-0.25, -0.2) is 0 Å². The fourth-order valence-corrected chi connectivity index (χ4v) is 1.52. The van der Waals surface area contributed by atoms with E-state index in [2.05, 4.69) is 33.9 Å². The van der Waals surface area contributed by atoms with E-state index < -0.39 is 0 Å². The SMILES string of the molecule is C=Cc1oc(C(C)C)c(C)c1C=C. The predicted molar refractivity (Wildman–Crippen MR) is 57.7 cm³/mol. The first kappa shape index (κ1) is 9.85. The molecule has 0 fully saturated rings. The molecule has 0 aliphatic carbocycles. The van der Waals surface area contributed by atoms with Crippen molar-refractivity contribution in [2.75, 3.05) is 0 Å². The van der Waals surface area contributed by atoms with Crippen LogP contribution in [0, 0.1) is 6.92 Å². The molecule has 0 saturated carbocycles. The summed E-state index contributed by atoms with van der Waals surface area (Å²) in [6.07, 6.45) is 3.55. The van der Waals surface area contributed by atoms with Crippen LogP contribution >= 0.6 is 0 Å². The summed E-state index contributed by atoms with van der Waals surface area (Å²) in [5.74, 6) is 2.27. The van der Waals surface area contributed by atoms with Crippen molar-refractivity contribution in [2.24, 2.45) is 0 Å². The van der Waals surface area contributed by atoms with Crippen LogP contribution in [-0.2, 0) is 0 Å². The third-order valence-electron chi connectivity index (χ3n) is 2.17. The first-order valence-electron chi connectivity index (χ1n) is 4.50. The molecule has 0 radical (unpaired) electrons. The van der Waals surface area contributed by atoms with Crippen molar-refractivity contribution < 1.29 is 4.42 Å². The van der Waals surface area contributed by atoms with Gasteiger partial charge in [0.25, 0.3) is 0 Å². The molecule has 0 N–H and O–H groups in total. The zero-order valence-electron chi connectivity index (χ0n) is 8.55. The van der Waals surface area contributed by atoms with Crippen molar-refractivity contribution >= 4 is 12.2 Å². The van der Waals surface area contributed by atoms with Crippen LogP contribution in [0.25, 0.3) is 12.2 Å². The second-order valence-corrected chi connectivity index (χ2v) is 3.43. The molecule has 0 aliphatic rings. The van der Waals surface area contributed by atoms with Gasteiger partial charge in [0.2, 0.25) is 0 Å². The summed E-state index contributed by atoms with van der Waals surface area (Å²) in [6, 6.07) is 0. The van der Waals surface area contributed by atoms with Crippen LogP contribution < -0.4 is 0 Å². The van der Waals surface area contributed by atoms with E-state index in [0.29, 0.717) is 5.92 Å². The lowest BCUT2D eigenvalue weighted by atomic mass is 10.0. The molecule has 1 heterocycles. The Morgan fingerprint density at radius 3 is 2.15 bits per heavy atom. The van der Waals surface area contributed by atoms with Gasteiger partial charge in [0.1, 0.15) is 11.5 Å². The smallest absolute Gasteiger partial charge is 0.133 e. The highest BCUT2D eigenvalue weighted by atomic mass is 16.3. The Balaban J connectivity index is 3.34. The fraction of sp³-hybridized carbons (Fsp3) is 0.333. The summed E-state index contributed by atoms with van der Waals surface area (Å²) in [5.41, 5.74) is 2.25. The van der Waals surface area contributed by atoms with Crippen molar-refractivity contribution in [2.45, 2.75) is 26.7 Å². The molecule has 0 atom stereocenters. The zero-order chi connectivity index (χ0) is 10.0. The number of rotatable bonds is 3. The quantitative estimate of drug-likeness (QED) is 0.678. The zero-order valence-corrected chi connectivity index (χ0v) is 8.55. The fourth-order valence-electron chi connectivity index (χ4n) is 1.52. The first-order valence-corrected chi connectivity index (χ1v) is 4.50. The lowest BCUT2D eigenvalue weighted by Crippen LogP contribution is -1.86. The Kier molecular flexibility index (Phi) is 2.76. The topological polar surface area (TPSA) is 13.1 Å². The minimum absolute atomic E-state index is 0.410. The lowest BCUT2D eigenvalue weighted by molar-refractivity contribution is 0.477. The molecule has 0 amide bonds. The highest BCUT2D eigenvalue weighted by Crippen LogP contribution is 2.29. The van der Waals surface area contributed by atoms with E-state index in [9.17, 15) is 0 Å². The van der Waals surface area contributed by atoms with Gasteiger partial charge in [-0.3, -0.25) is 0 Å². The average Bonchev–Trinajstić information content (AvgIpc) is 2.41. The largest absolute Gasteiger partial charge is 0.461 e. The van der Waals surface area contributed by atoms with Crippen molar-refractivity contribution in [3.63, 3.8) is 0 Å². The number of hydrogen-bond donors (Lipinski definition) is 0. The van der Waals surface area contributed by atoms with Crippen LogP contribution in [0.3, 0.4) is 0 Å². The summed E-state index contributed by atoms with van der Waals surface area (Å²) in [4.78, 5) is 0. The molecule has 0 aromatic carbocycles. The van der Waals surface area contributed by atoms with Crippen LogP contribution in [0.4, 0.5) is 0 Å². The first-order chi connectivity index (χ1) is 6.11. The molecule has 0 saturated heterocycles. The average molecular weight is 176 g/mol. The van der Waals surface area contributed by atoms with Gasteiger partial charge in [-0.15, -0.1) is 0 Å². The van der Waals surface area contributed by atoms with Gasteiger partial charge in [0.15, 0.2) is 0 Å². The molecule has 70 valence electrons. The van der Waals surface area contributed by atoms with Gasteiger partial charge in [0.05, 0.1) is 0 Å². The molecule has 1 nitrogen and oxygen atoms in total. The molecule has 1 aromatic heterocycles. The van der Waals surface area contributed by atoms with Gasteiger partial charge in [0, 0.05) is 11.5 Å². The summed E-state index contributed by atoms with van der Waals surface area (Å²) in [5, 5.41) is 0. The molecule has 1 heteroatoms. The predicted octanol–water partition coefficient (Wildman–Crippen LogP) is 4.00. The van der Waals surface area contributed by atoms with Crippen molar-refractivity contribution in [1.29, 1.82) is 0 Å². The van der Waals surface area contributed by atoms with Crippen molar-refractivity contribution in [3.8, 4) is 0 Å². The Bertz CT molecular complexity index is 329. The van der Waals surface area contributed by atoms with E-state index in [-0.39, 0.29) is 0 Å². The molecule has 1 aromatic rings. The van der Waals surface area contributed by atoms with Crippen LogP contribution in [0.2, 0.25) is 0 Å². The maximum Gasteiger partial charge on any atom is 0.133 e. The van der Waals surface area contributed by atoms with Crippen LogP contribution in [0.1, 0.15) is 42.4 Å². The van der Waals surface area contributed by atoms with E-state index in [0.717, 1.165) is 17.1 Å². The Hall–Kier alpha value is -1.24. The summed E-state index contributed by atoms with van der Waals surface area (Å²) < 4.78 is 5.66. The maximum atomic E-state index is 5.66. The van der Waals surface area contributed by atoms with Crippen LogP contribution in [0.15, 0.2) is 17.6 Å². The molecular weight excluding hydrogens is 160 g/mol. The minimum atomic E-state index is 0.410. The van der Waals surface area contributed by atoms with E-state index in [1.165, 1.54) is 5.56 Å². The summed E-state index contributed by atoms with van der Waals surface area (Å²) >= 11 is 0. The van der Waals surface area contributed by atoms with Crippen molar-refractivity contribution in [3.05, 3.63) is 35.8 Å². The van der Waals surface area contributed by atoms with Gasteiger partial charge < -0.3 is 4.42 Å². The Morgan fingerprint density at radius 2 is 1.85 bits per heavy atom.